The third-order valence-electron chi connectivity index (χ3n) is 4.58. The number of carbonyl (C=O) groups excluding carboxylic acids is 1. The Morgan fingerprint density at radius 2 is 1.96 bits per heavy atom. The predicted molar refractivity (Wildman–Crippen MR) is 109 cm³/mol. The molecule has 3 rings (SSSR count). The predicted octanol–water partition coefficient (Wildman–Crippen LogP) is 2.04. The number of amides is 1. The molecule has 1 aliphatic rings. The second-order valence-electron chi connectivity index (χ2n) is 6.41. The first-order chi connectivity index (χ1) is 12.6. The minimum atomic E-state index is -0.0370. The summed E-state index contributed by atoms with van der Waals surface area (Å²) < 4.78 is 0.721. The summed E-state index contributed by atoms with van der Waals surface area (Å²) in [6.45, 7) is 6.87. The first kappa shape index (κ1) is 18.9. The lowest BCUT2D eigenvalue weighted by Gasteiger charge is -2.33. The Bertz CT molecular complexity index is 754. The molecular weight excluding hydrogens is 368 g/mol. The van der Waals surface area contributed by atoms with Crippen molar-refractivity contribution < 1.29 is 9.69 Å². The van der Waals surface area contributed by atoms with Crippen LogP contribution >= 0.6 is 22.9 Å². The maximum atomic E-state index is 12.0. The Morgan fingerprint density at radius 1 is 1.23 bits per heavy atom. The molecule has 138 valence electrons. The van der Waals surface area contributed by atoms with Crippen molar-refractivity contribution in [1.29, 1.82) is 0 Å². The number of halogens is 1. The van der Waals surface area contributed by atoms with E-state index in [1.165, 1.54) is 21.9 Å². The Balaban J connectivity index is 1.39. The zero-order valence-corrected chi connectivity index (χ0v) is 16.4. The van der Waals surface area contributed by atoms with Crippen LogP contribution in [0.5, 0.6) is 0 Å². The minimum absolute atomic E-state index is 0.0370. The van der Waals surface area contributed by atoms with Gasteiger partial charge in [0.15, 0.2) is 0 Å². The van der Waals surface area contributed by atoms with Gasteiger partial charge in [-0.3, -0.25) is 4.79 Å². The number of rotatable bonds is 6. The first-order valence-electron chi connectivity index (χ1n) is 8.84. The van der Waals surface area contributed by atoms with Gasteiger partial charge in [-0.25, -0.2) is 5.43 Å². The van der Waals surface area contributed by atoms with Gasteiger partial charge in [0.2, 0.25) is 5.91 Å². The number of para-hydroxylation sites is 1. The number of nitrogens with zero attached hydrogens (tertiary/aromatic N) is 2. The van der Waals surface area contributed by atoms with E-state index in [0.717, 1.165) is 47.6 Å². The van der Waals surface area contributed by atoms with Crippen molar-refractivity contribution in [2.75, 3.05) is 37.6 Å². The number of hydrazone groups is 1. The summed E-state index contributed by atoms with van der Waals surface area (Å²) in [6, 6.07) is 14.2. The molecule has 26 heavy (non-hydrogen) atoms. The number of hydrogen-bond acceptors (Lipinski definition) is 4. The highest BCUT2D eigenvalue weighted by atomic mass is 35.5. The van der Waals surface area contributed by atoms with Crippen molar-refractivity contribution in [2.45, 2.75) is 13.3 Å². The maximum Gasteiger partial charge on any atom is 0.245 e. The van der Waals surface area contributed by atoms with Gasteiger partial charge < -0.3 is 9.80 Å². The summed E-state index contributed by atoms with van der Waals surface area (Å²) in [5.74, 6) is -0.0370. The van der Waals surface area contributed by atoms with E-state index in [0.29, 0.717) is 6.42 Å². The van der Waals surface area contributed by atoms with Crippen molar-refractivity contribution in [1.82, 2.24) is 5.43 Å². The molecule has 0 spiro atoms. The van der Waals surface area contributed by atoms with E-state index in [2.05, 4.69) is 39.7 Å². The van der Waals surface area contributed by atoms with E-state index >= 15 is 0 Å². The van der Waals surface area contributed by atoms with Crippen LogP contribution in [-0.2, 0) is 4.79 Å². The highest BCUT2D eigenvalue weighted by Gasteiger charge is 2.20. The number of hydrogen-bond donors (Lipinski definition) is 2. The third kappa shape index (κ3) is 5.30. The van der Waals surface area contributed by atoms with Crippen molar-refractivity contribution in [3.8, 4) is 0 Å². The van der Waals surface area contributed by atoms with Crippen molar-refractivity contribution in [3.63, 3.8) is 0 Å². The topological polar surface area (TPSA) is 49.1 Å². The van der Waals surface area contributed by atoms with Crippen molar-refractivity contribution >= 4 is 40.2 Å². The molecule has 0 saturated carbocycles. The molecule has 0 radical (unpaired) electrons. The van der Waals surface area contributed by atoms with Crippen LogP contribution in [0.4, 0.5) is 5.69 Å². The molecule has 0 atom stereocenters. The standard InChI is InChI=1S/C19H23ClN4OS/c1-15(17-7-8-18(20)26-17)21-22-19(25)9-10-23-11-13-24(14-12-23)16-5-3-2-4-6-16/h2-8H,9-14H2,1H3,(H,22,25)/p+1/b21-15-. The van der Waals surface area contributed by atoms with Gasteiger partial charge >= 0.3 is 0 Å². The largest absolute Gasteiger partial charge is 0.360 e. The smallest absolute Gasteiger partial charge is 0.245 e. The zero-order chi connectivity index (χ0) is 18.4. The molecule has 1 aliphatic heterocycles. The number of nitrogens with one attached hydrogen (secondary N) is 2. The number of anilines is 1. The van der Waals surface area contributed by atoms with Crippen LogP contribution in [0.2, 0.25) is 4.34 Å². The molecule has 2 heterocycles. The van der Waals surface area contributed by atoms with E-state index < -0.39 is 0 Å². The van der Waals surface area contributed by atoms with E-state index in [9.17, 15) is 4.79 Å². The average molecular weight is 392 g/mol. The van der Waals surface area contributed by atoms with Crippen LogP contribution in [0.1, 0.15) is 18.2 Å². The Labute approximate surface area is 163 Å². The second kappa shape index (κ2) is 9.16. The molecule has 1 aromatic heterocycles. The normalized spacial score (nSPS) is 15.9. The Morgan fingerprint density at radius 3 is 2.62 bits per heavy atom. The Hall–Kier alpha value is -1.89. The lowest BCUT2D eigenvalue weighted by molar-refractivity contribution is -0.900. The molecule has 0 bridgehead atoms. The van der Waals surface area contributed by atoms with Crippen LogP contribution in [0.15, 0.2) is 47.6 Å². The number of carbonyl (C=O) groups is 1. The van der Waals surface area contributed by atoms with E-state index in [1.807, 2.05) is 25.1 Å². The average Bonchev–Trinajstić information content (AvgIpc) is 3.12. The summed E-state index contributed by atoms with van der Waals surface area (Å²) in [5.41, 5.74) is 4.71. The van der Waals surface area contributed by atoms with E-state index in [4.69, 9.17) is 11.6 Å². The molecule has 7 heteroatoms. The molecular formula is C19H24ClN4OS+. The summed E-state index contributed by atoms with van der Waals surface area (Å²) in [5, 5.41) is 4.17. The van der Waals surface area contributed by atoms with Gasteiger partial charge in [0.1, 0.15) is 0 Å². The van der Waals surface area contributed by atoms with Gasteiger partial charge in [0.25, 0.3) is 0 Å². The van der Waals surface area contributed by atoms with Crippen LogP contribution in [0.25, 0.3) is 0 Å². The molecule has 0 unspecified atom stereocenters. The summed E-state index contributed by atoms with van der Waals surface area (Å²) in [6.07, 6.45) is 0.489. The van der Waals surface area contributed by atoms with Gasteiger partial charge in [-0.2, -0.15) is 5.10 Å². The second-order valence-corrected chi connectivity index (χ2v) is 8.12. The summed E-state index contributed by atoms with van der Waals surface area (Å²) in [4.78, 5) is 16.9. The lowest BCUT2D eigenvalue weighted by Crippen LogP contribution is -3.15. The summed E-state index contributed by atoms with van der Waals surface area (Å²) >= 11 is 7.38. The molecule has 2 aromatic rings. The third-order valence-corrected chi connectivity index (χ3v) is 5.92. The van der Waals surface area contributed by atoms with Crippen LogP contribution in [0.3, 0.4) is 0 Å². The SMILES string of the molecule is C/C(=N/NC(=O)CC[NH+]1CCN(c2ccccc2)CC1)c1ccc(Cl)s1. The number of quaternary nitrogens is 1. The lowest BCUT2D eigenvalue weighted by atomic mass is 10.2. The molecule has 5 nitrogen and oxygen atoms in total. The van der Waals surface area contributed by atoms with Gasteiger partial charge in [0, 0.05) is 5.69 Å². The first-order valence-corrected chi connectivity index (χ1v) is 10.0. The monoisotopic (exact) mass is 391 g/mol. The van der Waals surface area contributed by atoms with Crippen molar-refractivity contribution in [2.24, 2.45) is 5.10 Å². The molecule has 0 aliphatic carbocycles. The molecule has 1 saturated heterocycles. The molecule has 1 aromatic carbocycles. The van der Waals surface area contributed by atoms with Gasteiger partial charge in [-0.1, -0.05) is 29.8 Å². The van der Waals surface area contributed by atoms with E-state index in [-0.39, 0.29) is 5.91 Å². The fourth-order valence-electron chi connectivity index (χ4n) is 3.03. The molecule has 2 N–H and O–H groups in total. The van der Waals surface area contributed by atoms with Crippen LogP contribution in [0, 0.1) is 0 Å². The minimum Gasteiger partial charge on any atom is -0.360 e. The number of thiophene rings is 1. The van der Waals surface area contributed by atoms with Gasteiger partial charge in [0.05, 0.1) is 54.1 Å². The van der Waals surface area contributed by atoms with Gasteiger partial charge in [-0.05, 0) is 31.2 Å². The van der Waals surface area contributed by atoms with Gasteiger partial charge in [-0.15, -0.1) is 11.3 Å². The fraction of sp³-hybridized carbons (Fsp3) is 0.368. The van der Waals surface area contributed by atoms with Crippen LogP contribution < -0.4 is 15.2 Å². The number of benzene rings is 1. The number of piperazine rings is 1. The maximum absolute atomic E-state index is 12.0. The molecule has 1 amide bonds. The van der Waals surface area contributed by atoms with E-state index in [1.54, 1.807) is 0 Å². The molecule has 1 fully saturated rings. The fourth-order valence-corrected chi connectivity index (χ4v) is 4.01. The van der Waals surface area contributed by atoms with Crippen LogP contribution in [-0.4, -0.2) is 44.3 Å². The highest BCUT2D eigenvalue weighted by molar-refractivity contribution is 7.18. The quantitative estimate of drug-likeness (QED) is 0.584. The highest BCUT2D eigenvalue weighted by Crippen LogP contribution is 2.21. The zero-order valence-electron chi connectivity index (χ0n) is 14.9. The van der Waals surface area contributed by atoms with Crippen molar-refractivity contribution in [3.05, 3.63) is 51.7 Å². The summed E-state index contributed by atoms with van der Waals surface area (Å²) in [7, 11) is 0. The Kier molecular flexibility index (Phi) is 6.66.